The molecule has 25 heavy (non-hydrogen) atoms. The average molecular weight is 340 g/mol. The maximum absolute atomic E-state index is 12.3. The standard InChI is InChI=1S/C19H20N2O4/c1-20-19(25)14-8-5-9-16(10-14)21-17(22)11-15(12-18(23)24)13-6-3-2-4-7-13/h2-10,15H,11-12H2,1H3,(H,20,25)(H,21,22)(H,23,24)/t15-/m1/s1. The average Bonchev–Trinajstić information content (AvgIpc) is 2.61. The summed E-state index contributed by atoms with van der Waals surface area (Å²) >= 11 is 0. The van der Waals surface area contributed by atoms with E-state index in [1.807, 2.05) is 30.3 Å². The summed E-state index contributed by atoms with van der Waals surface area (Å²) in [6, 6.07) is 15.7. The van der Waals surface area contributed by atoms with Crippen LogP contribution in [0.1, 0.15) is 34.7 Å². The van der Waals surface area contributed by atoms with E-state index < -0.39 is 11.9 Å². The molecule has 0 saturated carbocycles. The van der Waals surface area contributed by atoms with Crippen LogP contribution in [0.15, 0.2) is 54.6 Å². The van der Waals surface area contributed by atoms with Crippen LogP contribution in [0.25, 0.3) is 0 Å². The maximum atomic E-state index is 12.3. The fourth-order valence-corrected chi connectivity index (χ4v) is 2.56. The van der Waals surface area contributed by atoms with Crippen LogP contribution in [0, 0.1) is 0 Å². The first-order valence-corrected chi connectivity index (χ1v) is 7.88. The Kier molecular flexibility index (Phi) is 6.28. The first-order chi connectivity index (χ1) is 12.0. The molecule has 0 aliphatic carbocycles. The molecule has 3 N–H and O–H groups in total. The summed E-state index contributed by atoms with van der Waals surface area (Å²) < 4.78 is 0. The van der Waals surface area contributed by atoms with E-state index in [4.69, 9.17) is 5.11 Å². The minimum absolute atomic E-state index is 0.0422. The molecule has 0 aliphatic rings. The molecule has 0 radical (unpaired) electrons. The van der Waals surface area contributed by atoms with Crippen molar-refractivity contribution in [2.45, 2.75) is 18.8 Å². The van der Waals surface area contributed by atoms with Crippen LogP contribution < -0.4 is 10.6 Å². The summed E-state index contributed by atoms with van der Waals surface area (Å²) in [6.45, 7) is 0. The lowest BCUT2D eigenvalue weighted by molar-refractivity contribution is -0.137. The molecular formula is C19H20N2O4. The number of carboxylic acid groups (broad SMARTS) is 1. The van der Waals surface area contributed by atoms with Gasteiger partial charge in [0.05, 0.1) is 6.42 Å². The van der Waals surface area contributed by atoms with Gasteiger partial charge in [0.2, 0.25) is 5.91 Å². The van der Waals surface area contributed by atoms with Gasteiger partial charge in [0, 0.05) is 30.6 Å². The second kappa shape index (κ2) is 8.63. The Morgan fingerprint density at radius 1 is 1.00 bits per heavy atom. The lowest BCUT2D eigenvalue weighted by Crippen LogP contribution is -2.19. The number of rotatable bonds is 7. The molecule has 6 nitrogen and oxygen atoms in total. The van der Waals surface area contributed by atoms with Crippen LogP contribution in [0.4, 0.5) is 5.69 Å². The molecule has 0 aromatic heterocycles. The Bertz CT molecular complexity index is 759. The topological polar surface area (TPSA) is 95.5 Å². The maximum Gasteiger partial charge on any atom is 0.303 e. The van der Waals surface area contributed by atoms with Gasteiger partial charge >= 0.3 is 5.97 Å². The highest BCUT2D eigenvalue weighted by atomic mass is 16.4. The fraction of sp³-hybridized carbons (Fsp3) is 0.211. The van der Waals surface area contributed by atoms with Crippen molar-refractivity contribution in [2.75, 3.05) is 12.4 Å². The molecule has 2 rings (SSSR count). The van der Waals surface area contributed by atoms with E-state index in [-0.39, 0.29) is 24.7 Å². The Labute approximate surface area is 145 Å². The van der Waals surface area contributed by atoms with Crippen LogP contribution in [-0.2, 0) is 9.59 Å². The summed E-state index contributed by atoms with van der Waals surface area (Å²) in [4.78, 5) is 35.1. The van der Waals surface area contributed by atoms with Crippen LogP contribution in [-0.4, -0.2) is 29.9 Å². The quantitative estimate of drug-likeness (QED) is 0.722. The van der Waals surface area contributed by atoms with Crippen LogP contribution in [0.5, 0.6) is 0 Å². The molecule has 2 aromatic carbocycles. The van der Waals surface area contributed by atoms with E-state index in [9.17, 15) is 14.4 Å². The summed E-state index contributed by atoms with van der Waals surface area (Å²) in [7, 11) is 1.53. The van der Waals surface area contributed by atoms with Gasteiger partial charge in [0.25, 0.3) is 5.91 Å². The van der Waals surface area contributed by atoms with Gasteiger partial charge in [-0.25, -0.2) is 0 Å². The second-order valence-corrected chi connectivity index (χ2v) is 5.62. The third kappa shape index (κ3) is 5.46. The minimum atomic E-state index is -0.955. The molecule has 2 amide bonds. The van der Waals surface area contributed by atoms with Crippen LogP contribution in [0.2, 0.25) is 0 Å². The number of hydrogen-bond acceptors (Lipinski definition) is 3. The Morgan fingerprint density at radius 3 is 2.36 bits per heavy atom. The lowest BCUT2D eigenvalue weighted by Gasteiger charge is -2.15. The molecule has 0 unspecified atom stereocenters. The normalized spacial score (nSPS) is 11.4. The molecule has 2 aromatic rings. The number of benzene rings is 2. The van der Waals surface area contributed by atoms with Crippen molar-refractivity contribution >= 4 is 23.5 Å². The summed E-state index contributed by atoms with van der Waals surface area (Å²) in [5, 5.41) is 14.3. The monoisotopic (exact) mass is 340 g/mol. The molecule has 0 heterocycles. The van der Waals surface area contributed by atoms with E-state index in [1.54, 1.807) is 24.3 Å². The van der Waals surface area contributed by atoms with Gasteiger partial charge in [0.1, 0.15) is 0 Å². The first-order valence-electron chi connectivity index (χ1n) is 7.88. The van der Waals surface area contributed by atoms with Crippen molar-refractivity contribution in [3.63, 3.8) is 0 Å². The van der Waals surface area contributed by atoms with Crippen LogP contribution in [0.3, 0.4) is 0 Å². The van der Waals surface area contributed by atoms with Gasteiger partial charge in [-0.3, -0.25) is 14.4 Å². The number of carbonyl (C=O) groups excluding carboxylic acids is 2. The van der Waals surface area contributed by atoms with Crippen molar-refractivity contribution in [3.8, 4) is 0 Å². The highest BCUT2D eigenvalue weighted by Gasteiger charge is 2.19. The third-order valence-electron chi connectivity index (χ3n) is 3.76. The number of anilines is 1. The van der Waals surface area contributed by atoms with Crippen molar-refractivity contribution in [2.24, 2.45) is 0 Å². The van der Waals surface area contributed by atoms with E-state index in [0.717, 1.165) is 5.56 Å². The van der Waals surface area contributed by atoms with Crippen molar-refractivity contribution in [1.82, 2.24) is 5.32 Å². The zero-order valence-corrected chi connectivity index (χ0v) is 13.9. The zero-order valence-electron chi connectivity index (χ0n) is 13.9. The fourth-order valence-electron chi connectivity index (χ4n) is 2.56. The largest absolute Gasteiger partial charge is 0.481 e. The molecule has 1 atom stereocenters. The van der Waals surface area contributed by atoms with E-state index in [2.05, 4.69) is 10.6 Å². The predicted molar refractivity (Wildman–Crippen MR) is 94.5 cm³/mol. The predicted octanol–water partition coefficient (Wildman–Crippen LogP) is 2.63. The van der Waals surface area contributed by atoms with E-state index >= 15 is 0 Å². The van der Waals surface area contributed by atoms with E-state index in [1.165, 1.54) is 7.05 Å². The minimum Gasteiger partial charge on any atom is -0.481 e. The van der Waals surface area contributed by atoms with Gasteiger partial charge in [-0.15, -0.1) is 0 Å². The number of aliphatic carboxylic acids is 1. The van der Waals surface area contributed by atoms with Gasteiger partial charge in [-0.2, -0.15) is 0 Å². The summed E-state index contributed by atoms with van der Waals surface area (Å²) in [6.07, 6.45) is -0.0871. The van der Waals surface area contributed by atoms with Gasteiger partial charge in [0.15, 0.2) is 0 Å². The van der Waals surface area contributed by atoms with Crippen molar-refractivity contribution < 1.29 is 19.5 Å². The Hall–Kier alpha value is -3.15. The van der Waals surface area contributed by atoms with Gasteiger partial charge in [-0.1, -0.05) is 36.4 Å². The smallest absolute Gasteiger partial charge is 0.303 e. The molecular weight excluding hydrogens is 320 g/mol. The van der Waals surface area contributed by atoms with Crippen molar-refractivity contribution in [1.29, 1.82) is 0 Å². The lowest BCUT2D eigenvalue weighted by atomic mass is 9.92. The molecule has 0 bridgehead atoms. The molecule has 0 aliphatic heterocycles. The van der Waals surface area contributed by atoms with Gasteiger partial charge in [-0.05, 0) is 23.8 Å². The number of nitrogens with one attached hydrogen (secondary N) is 2. The number of carboxylic acids is 1. The van der Waals surface area contributed by atoms with Crippen molar-refractivity contribution in [3.05, 3.63) is 65.7 Å². The highest BCUT2D eigenvalue weighted by molar-refractivity contribution is 5.97. The van der Waals surface area contributed by atoms with E-state index in [0.29, 0.717) is 11.3 Å². The Morgan fingerprint density at radius 2 is 1.72 bits per heavy atom. The SMILES string of the molecule is CNC(=O)c1cccc(NC(=O)C[C@H](CC(=O)O)c2ccccc2)c1. The van der Waals surface area contributed by atoms with Gasteiger partial charge < -0.3 is 15.7 Å². The highest BCUT2D eigenvalue weighted by Crippen LogP contribution is 2.24. The Balaban J connectivity index is 2.09. The number of hydrogen-bond donors (Lipinski definition) is 3. The molecule has 6 heteroatoms. The zero-order chi connectivity index (χ0) is 18.2. The summed E-state index contributed by atoms with van der Waals surface area (Å²) in [5.74, 6) is -1.92. The number of carbonyl (C=O) groups is 3. The summed E-state index contributed by atoms with van der Waals surface area (Å²) in [5.41, 5.74) is 1.73. The van der Waals surface area contributed by atoms with Crippen LogP contribution >= 0.6 is 0 Å². The molecule has 0 spiro atoms. The molecule has 130 valence electrons. The number of amides is 2. The first kappa shape index (κ1) is 18.2. The molecule has 0 saturated heterocycles. The third-order valence-corrected chi connectivity index (χ3v) is 3.76. The molecule has 0 fully saturated rings. The second-order valence-electron chi connectivity index (χ2n) is 5.62.